The molecule has 0 aromatic heterocycles. The third-order valence-corrected chi connectivity index (χ3v) is 6.12. The summed E-state index contributed by atoms with van der Waals surface area (Å²) in [5.74, 6) is -2.78. The van der Waals surface area contributed by atoms with Crippen molar-refractivity contribution >= 4 is 23.4 Å². The van der Waals surface area contributed by atoms with Gasteiger partial charge in [-0.25, -0.2) is 4.39 Å². The Balaban J connectivity index is 1.56. The van der Waals surface area contributed by atoms with Crippen molar-refractivity contribution in [2.45, 2.75) is 25.0 Å². The summed E-state index contributed by atoms with van der Waals surface area (Å²) in [5.41, 5.74) is 0.772. The molecule has 2 N–H and O–H groups in total. The van der Waals surface area contributed by atoms with Gasteiger partial charge in [-0.15, -0.1) is 0 Å². The number of imide groups is 1. The number of amides is 3. The molecule has 3 heterocycles. The molecule has 28 heavy (non-hydrogen) atoms. The third kappa shape index (κ3) is 2.08. The number of carbonyl (C=O) groups excluding carboxylic acids is 3. The van der Waals surface area contributed by atoms with Crippen LogP contribution in [0.5, 0.6) is 0 Å². The monoisotopic (exact) mass is 379 g/mol. The number of hydrogen-bond donors (Lipinski definition) is 2. The van der Waals surface area contributed by atoms with Crippen LogP contribution in [0.3, 0.4) is 0 Å². The van der Waals surface area contributed by atoms with E-state index in [1.165, 1.54) is 17.0 Å². The second kappa shape index (κ2) is 5.72. The summed E-state index contributed by atoms with van der Waals surface area (Å²) in [5, 5.41) is 6.10. The van der Waals surface area contributed by atoms with Gasteiger partial charge < -0.3 is 5.32 Å². The first-order chi connectivity index (χ1) is 13.4. The number of anilines is 1. The minimum absolute atomic E-state index is 0.0665. The van der Waals surface area contributed by atoms with E-state index in [-0.39, 0.29) is 36.1 Å². The van der Waals surface area contributed by atoms with Crippen molar-refractivity contribution in [3.63, 3.8) is 0 Å². The molecule has 2 saturated heterocycles. The number of nitrogens with zero attached hydrogens (tertiary/aromatic N) is 1. The van der Waals surface area contributed by atoms with Gasteiger partial charge in [0.25, 0.3) is 0 Å². The number of likely N-dealkylation sites (tertiary alicyclic amines) is 1. The quantitative estimate of drug-likeness (QED) is 0.780. The maximum atomic E-state index is 13.3. The van der Waals surface area contributed by atoms with Crippen molar-refractivity contribution in [3.8, 4) is 0 Å². The number of benzene rings is 2. The molecule has 1 spiro atoms. The van der Waals surface area contributed by atoms with Gasteiger partial charge in [-0.05, 0) is 30.7 Å². The lowest BCUT2D eigenvalue weighted by Gasteiger charge is -2.29. The molecule has 3 aliphatic rings. The number of fused-ring (bicyclic) bond motifs is 4. The molecule has 0 saturated carbocycles. The Labute approximate surface area is 160 Å². The van der Waals surface area contributed by atoms with Crippen molar-refractivity contribution in [3.05, 3.63) is 65.5 Å². The first kappa shape index (κ1) is 17.1. The highest BCUT2D eigenvalue weighted by atomic mass is 19.1. The van der Waals surface area contributed by atoms with E-state index in [1.807, 2.05) is 25.1 Å². The van der Waals surface area contributed by atoms with Gasteiger partial charge >= 0.3 is 0 Å². The molecular weight excluding hydrogens is 361 g/mol. The molecule has 2 fully saturated rings. The zero-order chi connectivity index (χ0) is 19.6. The minimum Gasteiger partial charge on any atom is -0.324 e. The molecule has 4 atom stereocenters. The highest BCUT2D eigenvalue weighted by Gasteiger charge is 2.69. The van der Waals surface area contributed by atoms with Gasteiger partial charge in [0, 0.05) is 17.3 Å². The fraction of sp³-hybridized carbons (Fsp3) is 0.286. The van der Waals surface area contributed by atoms with Crippen molar-refractivity contribution in [2.24, 2.45) is 11.8 Å². The van der Waals surface area contributed by atoms with Crippen molar-refractivity contribution in [1.82, 2.24) is 10.2 Å². The van der Waals surface area contributed by atoms with Crippen LogP contribution in [0.25, 0.3) is 0 Å². The summed E-state index contributed by atoms with van der Waals surface area (Å²) in [4.78, 5) is 40.6. The first-order valence-electron chi connectivity index (χ1n) is 9.22. The molecule has 0 radical (unpaired) electrons. The number of hydrogen-bond acceptors (Lipinski definition) is 4. The number of nitrogens with one attached hydrogen (secondary N) is 2. The fourth-order valence-corrected chi connectivity index (χ4v) is 4.91. The van der Waals surface area contributed by atoms with Crippen LogP contribution in [0.1, 0.15) is 18.1 Å². The second-order valence-corrected chi connectivity index (χ2v) is 7.63. The summed E-state index contributed by atoms with van der Waals surface area (Å²) >= 11 is 0. The fourth-order valence-electron chi connectivity index (χ4n) is 4.91. The van der Waals surface area contributed by atoms with Crippen LogP contribution in [0.4, 0.5) is 10.1 Å². The van der Waals surface area contributed by atoms with Crippen LogP contribution in [0.2, 0.25) is 0 Å². The first-order valence-corrected chi connectivity index (χ1v) is 9.22. The molecule has 0 bridgehead atoms. The molecule has 142 valence electrons. The molecule has 2 aromatic rings. The lowest BCUT2D eigenvalue weighted by atomic mass is 9.76. The largest absolute Gasteiger partial charge is 0.324 e. The van der Waals surface area contributed by atoms with Crippen LogP contribution < -0.4 is 10.6 Å². The smallest absolute Gasteiger partial charge is 0.250 e. The molecule has 0 aliphatic carbocycles. The Bertz CT molecular complexity index is 1020. The molecule has 2 aromatic carbocycles. The summed E-state index contributed by atoms with van der Waals surface area (Å²) in [6.45, 7) is 1.89. The number of rotatable bonds is 2. The van der Waals surface area contributed by atoms with E-state index in [2.05, 4.69) is 10.6 Å². The standard InChI is InChI=1S/C21H18FN3O3/c1-11-16-17(21(24-11)14-4-2-3-5-15(14)23-20(21)28)19(27)25(18(16)26)10-12-6-8-13(22)9-7-12/h2-9,11,16-17,24H,10H2,1H3,(H,23,28)/t11-,16-,17+,21+/m1/s1. The van der Waals surface area contributed by atoms with E-state index >= 15 is 0 Å². The Kier molecular flexibility index (Phi) is 3.49. The summed E-state index contributed by atoms with van der Waals surface area (Å²) in [6, 6.07) is 12.6. The van der Waals surface area contributed by atoms with E-state index < -0.39 is 17.4 Å². The summed E-state index contributed by atoms with van der Waals surface area (Å²) in [6.07, 6.45) is 0. The van der Waals surface area contributed by atoms with E-state index in [0.29, 0.717) is 16.8 Å². The Hall–Kier alpha value is -3.06. The van der Waals surface area contributed by atoms with Crippen LogP contribution in [-0.4, -0.2) is 28.7 Å². The second-order valence-electron chi connectivity index (χ2n) is 7.63. The molecule has 3 aliphatic heterocycles. The van der Waals surface area contributed by atoms with Crippen LogP contribution in [0, 0.1) is 17.7 Å². The van der Waals surface area contributed by atoms with E-state index in [0.717, 1.165) is 0 Å². The molecule has 6 nitrogen and oxygen atoms in total. The van der Waals surface area contributed by atoms with Gasteiger partial charge in [0.1, 0.15) is 11.4 Å². The Morgan fingerprint density at radius 3 is 2.50 bits per heavy atom. The SMILES string of the molecule is C[C@H]1N[C@]2(C(=O)Nc3ccccc32)[C@@H]2C(=O)N(Cc3ccc(F)cc3)C(=O)[C@@H]21. The van der Waals surface area contributed by atoms with E-state index in [9.17, 15) is 18.8 Å². The predicted octanol–water partition coefficient (Wildman–Crippen LogP) is 1.77. The average Bonchev–Trinajstić information content (AvgIpc) is 3.23. The Morgan fingerprint density at radius 1 is 1.04 bits per heavy atom. The summed E-state index contributed by atoms with van der Waals surface area (Å²) < 4.78 is 13.2. The van der Waals surface area contributed by atoms with Crippen molar-refractivity contribution in [1.29, 1.82) is 0 Å². The maximum Gasteiger partial charge on any atom is 0.250 e. The van der Waals surface area contributed by atoms with Gasteiger partial charge in [-0.1, -0.05) is 30.3 Å². The third-order valence-electron chi connectivity index (χ3n) is 6.12. The van der Waals surface area contributed by atoms with Gasteiger partial charge in [0.05, 0.1) is 18.4 Å². The van der Waals surface area contributed by atoms with Crippen LogP contribution in [0.15, 0.2) is 48.5 Å². The number of halogens is 1. The maximum absolute atomic E-state index is 13.3. The zero-order valence-corrected chi connectivity index (χ0v) is 15.1. The highest BCUT2D eigenvalue weighted by Crippen LogP contribution is 2.52. The van der Waals surface area contributed by atoms with E-state index in [1.54, 1.807) is 18.2 Å². The van der Waals surface area contributed by atoms with Crippen LogP contribution in [-0.2, 0) is 26.5 Å². The van der Waals surface area contributed by atoms with Crippen molar-refractivity contribution in [2.75, 3.05) is 5.32 Å². The van der Waals surface area contributed by atoms with Crippen LogP contribution >= 0.6 is 0 Å². The minimum atomic E-state index is -1.25. The molecule has 3 amide bonds. The highest BCUT2D eigenvalue weighted by molar-refractivity contribution is 6.15. The van der Waals surface area contributed by atoms with Gasteiger partial charge in [-0.3, -0.25) is 24.6 Å². The number of carbonyl (C=O) groups is 3. The molecule has 5 rings (SSSR count). The van der Waals surface area contributed by atoms with E-state index in [4.69, 9.17) is 0 Å². The Morgan fingerprint density at radius 2 is 1.75 bits per heavy atom. The molecular formula is C21H18FN3O3. The average molecular weight is 379 g/mol. The lowest BCUT2D eigenvalue weighted by molar-refractivity contribution is -0.143. The van der Waals surface area contributed by atoms with Gasteiger partial charge in [0.2, 0.25) is 17.7 Å². The molecule has 7 heteroatoms. The van der Waals surface area contributed by atoms with Gasteiger partial charge in [-0.2, -0.15) is 0 Å². The predicted molar refractivity (Wildman–Crippen MR) is 98.3 cm³/mol. The normalized spacial score (nSPS) is 30.7. The lowest BCUT2D eigenvalue weighted by Crippen LogP contribution is -2.52. The molecule has 0 unspecified atom stereocenters. The van der Waals surface area contributed by atoms with Crippen molar-refractivity contribution < 1.29 is 18.8 Å². The topological polar surface area (TPSA) is 78.5 Å². The zero-order valence-electron chi connectivity index (χ0n) is 15.1. The number of para-hydroxylation sites is 1. The summed E-state index contributed by atoms with van der Waals surface area (Å²) in [7, 11) is 0. The van der Waals surface area contributed by atoms with Gasteiger partial charge in [0.15, 0.2) is 0 Å².